The number of allylic oxidation sites excluding steroid dienone is 1. The molecule has 54 heavy (non-hydrogen) atoms. The van der Waals surface area contributed by atoms with Gasteiger partial charge in [0, 0.05) is 6.42 Å². The second-order valence-electron chi connectivity index (χ2n) is 17.1. The van der Waals surface area contributed by atoms with E-state index in [4.69, 9.17) is 9.05 Å². The van der Waals surface area contributed by atoms with E-state index in [9.17, 15) is 19.4 Å². The molecule has 0 spiro atoms. The van der Waals surface area contributed by atoms with Gasteiger partial charge in [-0.1, -0.05) is 206 Å². The van der Waals surface area contributed by atoms with Crippen LogP contribution in [0.4, 0.5) is 0 Å². The van der Waals surface area contributed by atoms with Gasteiger partial charge in [0.1, 0.15) is 13.2 Å². The quantitative estimate of drug-likeness (QED) is 0.0276. The first-order valence-electron chi connectivity index (χ1n) is 23.1. The van der Waals surface area contributed by atoms with Crippen LogP contribution in [0.25, 0.3) is 0 Å². The molecule has 0 aliphatic rings. The predicted octanol–water partition coefficient (Wildman–Crippen LogP) is 12.1. The van der Waals surface area contributed by atoms with Crippen LogP contribution in [0.5, 0.6) is 0 Å². The van der Waals surface area contributed by atoms with Crippen LogP contribution in [0.2, 0.25) is 0 Å². The summed E-state index contributed by atoms with van der Waals surface area (Å²) in [5.74, 6) is -0.194. The summed E-state index contributed by atoms with van der Waals surface area (Å²) in [5.41, 5.74) is 0. The van der Waals surface area contributed by atoms with Gasteiger partial charge in [-0.3, -0.25) is 9.36 Å². The maximum Gasteiger partial charge on any atom is 0.268 e. The molecule has 1 amide bonds. The Morgan fingerprint density at radius 3 is 1.39 bits per heavy atom. The summed E-state index contributed by atoms with van der Waals surface area (Å²) in [6.07, 6.45) is 42.5. The van der Waals surface area contributed by atoms with Gasteiger partial charge < -0.3 is 28.8 Å². The van der Waals surface area contributed by atoms with Crippen LogP contribution in [-0.4, -0.2) is 68.5 Å². The molecule has 0 saturated carbocycles. The molecule has 1 unspecified atom stereocenters. The van der Waals surface area contributed by atoms with Crippen molar-refractivity contribution in [3.05, 3.63) is 12.2 Å². The first-order chi connectivity index (χ1) is 26.0. The average molecular weight is 787 g/mol. The lowest BCUT2D eigenvalue weighted by Crippen LogP contribution is -2.45. The molecule has 322 valence electrons. The third-order valence-electron chi connectivity index (χ3n) is 10.5. The van der Waals surface area contributed by atoms with Crippen molar-refractivity contribution in [3.63, 3.8) is 0 Å². The van der Waals surface area contributed by atoms with Gasteiger partial charge in [-0.15, -0.1) is 0 Å². The number of quaternary nitrogens is 1. The molecule has 0 aliphatic heterocycles. The fourth-order valence-corrected chi connectivity index (χ4v) is 7.52. The highest BCUT2D eigenvalue weighted by Gasteiger charge is 2.23. The van der Waals surface area contributed by atoms with Crippen molar-refractivity contribution in [2.24, 2.45) is 0 Å². The smallest absolute Gasteiger partial charge is 0.268 e. The molecule has 0 radical (unpaired) electrons. The summed E-state index contributed by atoms with van der Waals surface area (Å²) in [5, 5.41) is 13.8. The number of nitrogens with zero attached hydrogens (tertiary/aromatic N) is 1. The number of aliphatic hydroxyl groups excluding tert-OH is 1. The van der Waals surface area contributed by atoms with Crippen molar-refractivity contribution >= 4 is 13.7 Å². The zero-order valence-electron chi connectivity index (χ0n) is 36.4. The molecule has 0 aromatic carbocycles. The second-order valence-corrected chi connectivity index (χ2v) is 18.5. The van der Waals surface area contributed by atoms with Gasteiger partial charge in [-0.25, -0.2) is 0 Å². The van der Waals surface area contributed by atoms with Crippen molar-refractivity contribution in [1.82, 2.24) is 5.32 Å². The fourth-order valence-electron chi connectivity index (χ4n) is 6.80. The first kappa shape index (κ1) is 53.2. The fraction of sp³-hybridized carbons (Fsp3) is 0.933. The SMILES string of the molecule is CCCCCCCCCCCCC/C=C/[C@@H](O)[C@H](COP(=O)([O-])OCC[N+](C)(C)C)NC(=O)CCCCCCCCCCCCCCCCCCCCC. The lowest BCUT2D eigenvalue weighted by Gasteiger charge is -2.29. The van der Waals surface area contributed by atoms with Crippen LogP contribution in [0, 0.1) is 0 Å². The summed E-state index contributed by atoms with van der Waals surface area (Å²) in [4.78, 5) is 25.3. The Balaban J connectivity index is 4.32. The number of phosphoric acid groups is 1. The van der Waals surface area contributed by atoms with E-state index < -0.39 is 20.0 Å². The zero-order chi connectivity index (χ0) is 40.0. The minimum atomic E-state index is -4.58. The molecule has 0 saturated heterocycles. The van der Waals surface area contributed by atoms with E-state index in [1.54, 1.807) is 6.08 Å². The molecular formula is C45H91N2O6P. The van der Waals surface area contributed by atoms with Gasteiger partial charge in [0.05, 0.1) is 39.9 Å². The number of likely N-dealkylation sites (N-methyl/N-ethyl adjacent to an activating group) is 1. The van der Waals surface area contributed by atoms with Crippen molar-refractivity contribution in [2.75, 3.05) is 40.9 Å². The summed E-state index contributed by atoms with van der Waals surface area (Å²) < 4.78 is 23.2. The maximum atomic E-state index is 12.9. The molecule has 0 aliphatic carbocycles. The third-order valence-corrected chi connectivity index (χ3v) is 11.5. The second kappa shape index (κ2) is 37.8. The molecule has 2 N–H and O–H groups in total. The molecule has 0 heterocycles. The van der Waals surface area contributed by atoms with Gasteiger partial charge in [-0.05, 0) is 19.3 Å². The number of aliphatic hydroxyl groups is 1. The normalized spacial score (nSPS) is 14.4. The first-order valence-corrected chi connectivity index (χ1v) is 24.5. The lowest BCUT2D eigenvalue weighted by atomic mass is 10.0. The number of phosphoric ester groups is 1. The number of rotatable bonds is 42. The van der Waals surface area contributed by atoms with Crippen molar-refractivity contribution in [3.8, 4) is 0 Å². The number of unbranched alkanes of at least 4 members (excludes halogenated alkanes) is 29. The summed E-state index contributed by atoms with van der Waals surface area (Å²) in [6.45, 7) is 4.66. The highest BCUT2D eigenvalue weighted by molar-refractivity contribution is 7.45. The topological polar surface area (TPSA) is 108 Å². The van der Waals surface area contributed by atoms with E-state index >= 15 is 0 Å². The minimum absolute atomic E-state index is 0.00210. The molecule has 9 heteroatoms. The van der Waals surface area contributed by atoms with Gasteiger partial charge in [0.2, 0.25) is 5.91 Å². The summed E-state index contributed by atoms with van der Waals surface area (Å²) >= 11 is 0. The van der Waals surface area contributed by atoms with Crippen LogP contribution < -0.4 is 10.2 Å². The lowest BCUT2D eigenvalue weighted by molar-refractivity contribution is -0.870. The molecule has 0 fully saturated rings. The number of hydrogen-bond acceptors (Lipinski definition) is 6. The maximum absolute atomic E-state index is 12.9. The molecular weight excluding hydrogens is 695 g/mol. The van der Waals surface area contributed by atoms with Crippen molar-refractivity contribution < 1.29 is 32.9 Å². The standard InChI is InChI=1S/C45H91N2O6P/c1-6-8-10-12-14-16-18-20-21-22-23-24-25-27-29-31-33-35-37-39-45(49)46-43(42-53-54(50,51)52-41-40-47(3,4)5)44(48)38-36-34-32-30-28-26-19-17-15-13-11-9-7-2/h36,38,43-44,48H,6-35,37,39-42H2,1-5H3,(H-,46,49,50,51)/b38-36+/t43-,44+/m0/s1. The van der Waals surface area contributed by atoms with E-state index in [1.807, 2.05) is 27.2 Å². The Kier molecular flexibility index (Phi) is 37.3. The zero-order valence-corrected chi connectivity index (χ0v) is 37.3. The van der Waals surface area contributed by atoms with E-state index in [0.29, 0.717) is 17.4 Å². The highest BCUT2D eigenvalue weighted by atomic mass is 31.2. The minimum Gasteiger partial charge on any atom is -0.756 e. The van der Waals surface area contributed by atoms with Crippen LogP contribution in [-0.2, 0) is 18.4 Å². The van der Waals surface area contributed by atoms with Crippen molar-refractivity contribution in [2.45, 2.75) is 231 Å². The Bertz CT molecular complexity index is 896. The summed E-state index contributed by atoms with van der Waals surface area (Å²) in [6, 6.07) is -0.879. The molecule has 0 bridgehead atoms. The predicted molar refractivity (Wildman–Crippen MR) is 229 cm³/mol. The number of nitrogens with one attached hydrogen (secondary N) is 1. The molecule has 0 rings (SSSR count). The Morgan fingerprint density at radius 2 is 1.00 bits per heavy atom. The number of amides is 1. The number of carbonyl (C=O) groups is 1. The number of carbonyl (C=O) groups excluding carboxylic acids is 1. The van der Waals surface area contributed by atoms with E-state index in [2.05, 4.69) is 19.2 Å². The van der Waals surface area contributed by atoms with Gasteiger partial charge in [0.25, 0.3) is 7.82 Å². The molecule has 0 aromatic rings. The Hall–Kier alpha value is -0.760. The molecule has 3 atom stereocenters. The van der Waals surface area contributed by atoms with Crippen molar-refractivity contribution in [1.29, 1.82) is 0 Å². The number of hydrogen-bond donors (Lipinski definition) is 2. The van der Waals surface area contributed by atoms with E-state index in [0.717, 1.165) is 38.5 Å². The van der Waals surface area contributed by atoms with Crippen LogP contribution >= 0.6 is 7.82 Å². The molecule has 0 aromatic heterocycles. The largest absolute Gasteiger partial charge is 0.756 e. The van der Waals surface area contributed by atoms with Crippen LogP contribution in [0.15, 0.2) is 12.2 Å². The van der Waals surface area contributed by atoms with Gasteiger partial charge in [0.15, 0.2) is 0 Å². The Morgan fingerprint density at radius 1 is 0.630 bits per heavy atom. The molecule has 8 nitrogen and oxygen atoms in total. The average Bonchev–Trinajstić information content (AvgIpc) is 3.12. The third kappa shape index (κ3) is 39.5. The monoisotopic (exact) mass is 787 g/mol. The van der Waals surface area contributed by atoms with E-state index in [1.165, 1.54) is 161 Å². The van der Waals surface area contributed by atoms with Gasteiger partial charge in [-0.2, -0.15) is 0 Å². The van der Waals surface area contributed by atoms with Crippen LogP contribution in [0.3, 0.4) is 0 Å². The van der Waals surface area contributed by atoms with Crippen LogP contribution in [0.1, 0.15) is 219 Å². The highest BCUT2D eigenvalue weighted by Crippen LogP contribution is 2.38. The van der Waals surface area contributed by atoms with E-state index in [-0.39, 0.29) is 19.1 Å². The Labute approximate surface area is 335 Å². The summed E-state index contributed by atoms with van der Waals surface area (Å²) in [7, 11) is 1.27. The van der Waals surface area contributed by atoms with Gasteiger partial charge >= 0.3 is 0 Å².